The topological polar surface area (TPSA) is 81.2 Å². The average molecular weight is 253 g/mol. The Kier molecular flexibility index (Phi) is 6.43. The van der Waals surface area contributed by atoms with Crippen molar-refractivity contribution in [3.8, 4) is 0 Å². The molecule has 0 radical (unpaired) electrons. The zero-order valence-corrected chi connectivity index (χ0v) is 11.2. The largest absolute Gasteiger partial charge is 0.351 e. The number of hydrogen-bond acceptors (Lipinski definition) is 4. The van der Waals surface area contributed by atoms with E-state index in [2.05, 4.69) is 24.3 Å². The quantitative estimate of drug-likeness (QED) is 0.695. The summed E-state index contributed by atoms with van der Waals surface area (Å²) in [7, 11) is 0. The summed E-state index contributed by atoms with van der Waals surface area (Å²) in [5, 5.41) is 6.76. The first-order chi connectivity index (χ1) is 8.72. The summed E-state index contributed by atoms with van der Waals surface area (Å²) in [6, 6.07) is 1.75. The van der Waals surface area contributed by atoms with E-state index in [4.69, 9.17) is 10.3 Å². The number of carbonyl (C=O) groups excluding carboxylic acids is 1. The number of carbonyl (C=O) groups is 1. The standard InChI is InChI=1S/C13H23N3O2/c1-3-10(4-2)11-9-12(18-16-11)13(17)15-8-6-5-7-14/h9-10H,3-8,14H2,1-2H3,(H,15,17). The Balaban J connectivity index is 2.49. The Morgan fingerprint density at radius 1 is 1.44 bits per heavy atom. The van der Waals surface area contributed by atoms with Crippen molar-refractivity contribution >= 4 is 5.91 Å². The third-order valence-electron chi connectivity index (χ3n) is 3.07. The molecule has 0 aliphatic carbocycles. The van der Waals surface area contributed by atoms with Gasteiger partial charge in [-0.15, -0.1) is 0 Å². The molecule has 0 aliphatic heterocycles. The molecule has 3 N–H and O–H groups in total. The van der Waals surface area contributed by atoms with E-state index in [-0.39, 0.29) is 5.91 Å². The van der Waals surface area contributed by atoms with Crippen LogP contribution in [0.25, 0.3) is 0 Å². The van der Waals surface area contributed by atoms with Gasteiger partial charge in [-0.3, -0.25) is 4.79 Å². The second kappa shape index (κ2) is 7.87. The second-order valence-corrected chi connectivity index (χ2v) is 4.38. The first kappa shape index (κ1) is 14.7. The summed E-state index contributed by atoms with van der Waals surface area (Å²) in [6.45, 7) is 5.48. The molecule has 0 bridgehead atoms. The van der Waals surface area contributed by atoms with E-state index in [1.54, 1.807) is 6.07 Å². The van der Waals surface area contributed by atoms with Gasteiger partial charge in [-0.25, -0.2) is 0 Å². The number of amides is 1. The fraction of sp³-hybridized carbons (Fsp3) is 0.692. The smallest absolute Gasteiger partial charge is 0.289 e. The lowest BCUT2D eigenvalue weighted by Crippen LogP contribution is -2.24. The van der Waals surface area contributed by atoms with Crippen LogP contribution in [0.1, 0.15) is 61.7 Å². The first-order valence-electron chi connectivity index (χ1n) is 6.67. The van der Waals surface area contributed by atoms with Gasteiger partial charge < -0.3 is 15.6 Å². The van der Waals surface area contributed by atoms with Crippen LogP contribution in [-0.4, -0.2) is 24.2 Å². The van der Waals surface area contributed by atoms with Gasteiger partial charge in [-0.1, -0.05) is 19.0 Å². The van der Waals surface area contributed by atoms with Gasteiger partial charge in [-0.05, 0) is 32.2 Å². The van der Waals surface area contributed by atoms with Gasteiger partial charge in [0.25, 0.3) is 5.91 Å². The van der Waals surface area contributed by atoms with E-state index in [1.807, 2.05) is 0 Å². The van der Waals surface area contributed by atoms with Crippen molar-refractivity contribution in [2.45, 2.75) is 45.4 Å². The highest BCUT2D eigenvalue weighted by atomic mass is 16.5. The van der Waals surface area contributed by atoms with Crippen LogP contribution in [-0.2, 0) is 0 Å². The Morgan fingerprint density at radius 3 is 2.78 bits per heavy atom. The molecule has 1 aromatic heterocycles. The van der Waals surface area contributed by atoms with Crippen molar-refractivity contribution in [3.05, 3.63) is 17.5 Å². The van der Waals surface area contributed by atoms with Crippen LogP contribution in [0.4, 0.5) is 0 Å². The van der Waals surface area contributed by atoms with Crippen molar-refractivity contribution in [1.82, 2.24) is 10.5 Å². The Bertz CT molecular complexity index is 359. The normalized spacial score (nSPS) is 10.9. The molecule has 0 fully saturated rings. The Labute approximate surface area is 108 Å². The number of rotatable bonds is 8. The molecule has 0 unspecified atom stereocenters. The minimum atomic E-state index is -0.197. The van der Waals surface area contributed by atoms with E-state index < -0.39 is 0 Å². The summed E-state index contributed by atoms with van der Waals surface area (Å²) in [5.41, 5.74) is 6.25. The Hall–Kier alpha value is -1.36. The van der Waals surface area contributed by atoms with Crippen molar-refractivity contribution in [3.63, 3.8) is 0 Å². The van der Waals surface area contributed by atoms with Crippen LogP contribution in [0.3, 0.4) is 0 Å². The summed E-state index contributed by atoms with van der Waals surface area (Å²) < 4.78 is 5.08. The van der Waals surface area contributed by atoms with Gasteiger partial charge >= 0.3 is 0 Å². The van der Waals surface area contributed by atoms with Gasteiger partial charge in [0.2, 0.25) is 5.76 Å². The van der Waals surface area contributed by atoms with E-state index in [0.29, 0.717) is 24.8 Å². The summed E-state index contributed by atoms with van der Waals surface area (Å²) >= 11 is 0. The van der Waals surface area contributed by atoms with Crippen LogP contribution in [0.2, 0.25) is 0 Å². The predicted octanol–water partition coefficient (Wildman–Crippen LogP) is 2.05. The van der Waals surface area contributed by atoms with Crippen molar-refractivity contribution in [2.75, 3.05) is 13.1 Å². The van der Waals surface area contributed by atoms with Crippen LogP contribution < -0.4 is 11.1 Å². The molecule has 1 aromatic rings. The maximum Gasteiger partial charge on any atom is 0.289 e. The van der Waals surface area contributed by atoms with Crippen LogP contribution in [0, 0.1) is 0 Å². The fourth-order valence-electron chi connectivity index (χ4n) is 1.85. The summed E-state index contributed by atoms with van der Waals surface area (Å²) in [6.07, 6.45) is 3.80. The van der Waals surface area contributed by atoms with Gasteiger partial charge in [0.05, 0.1) is 5.69 Å². The maximum absolute atomic E-state index is 11.7. The first-order valence-corrected chi connectivity index (χ1v) is 6.67. The van der Waals surface area contributed by atoms with Crippen LogP contribution in [0.15, 0.2) is 10.6 Å². The molecule has 5 nitrogen and oxygen atoms in total. The molecular weight excluding hydrogens is 230 g/mol. The molecule has 0 atom stereocenters. The molecule has 1 rings (SSSR count). The lowest BCUT2D eigenvalue weighted by molar-refractivity contribution is 0.0916. The molecule has 102 valence electrons. The molecule has 18 heavy (non-hydrogen) atoms. The number of unbranched alkanes of at least 4 members (excludes halogenated alkanes) is 1. The van der Waals surface area contributed by atoms with Crippen LogP contribution >= 0.6 is 0 Å². The predicted molar refractivity (Wildman–Crippen MR) is 70.4 cm³/mol. The molecule has 5 heteroatoms. The van der Waals surface area contributed by atoms with E-state index in [0.717, 1.165) is 31.4 Å². The fourth-order valence-corrected chi connectivity index (χ4v) is 1.85. The van der Waals surface area contributed by atoms with Crippen molar-refractivity contribution in [1.29, 1.82) is 0 Å². The third kappa shape index (κ3) is 4.14. The Morgan fingerprint density at radius 2 is 2.17 bits per heavy atom. The molecule has 0 aromatic carbocycles. The van der Waals surface area contributed by atoms with Gasteiger partial charge in [0.15, 0.2) is 0 Å². The second-order valence-electron chi connectivity index (χ2n) is 4.38. The third-order valence-corrected chi connectivity index (χ3v) is 3.07. The molecule has 0 aliphatic rings. The van der Waals surface area contributed by atoms with Crippen molar-refractivity contribution in [2.24, 2.45) is 5.73 Å². The molecular formula is C13H23N3O2. The number of aromatic nitrogens is 1. The lowest BCUT2D eigenvalue weighted by Gasteiger charge is -2.05. The zero-order valence-electron chi connectivity index (χ0n) is 11.2. The molecule has 1 amide bonds. The number of nitrogens with one attached hydrogen (secondary N) is 1. The number of hydrogen-bond donors (Lipinski definition) is 2. The van der Waals surface area contributed by atoms with Crippen LogP contribution in [0.5, 0.6) is 0 Å². The highest BCUT2D eigenvalue weighted by molar-refractivity contribution is 5.91. The van der Waals surface area contributed by atoms with E-state index in [1.165, 1.54) is 0 Å². The molecule has 0 spiro atoms. The van der Waals surface area contributed by atoms with Gasteiger partial charge in [-0.2, -0.15) is 0 Å². The van der Waals surface area contributed by atoms with Gasteiger partial charge in [0, 0.05) is 18.5 Å². The van der Waals surface area contributed by atoms with E-state index in [9.17, 15) is 4.79 Å². The minimum Gasteiger partial charge on any atom is -0.351 e. The lowest BCUT2D eigenvalue weighted by atomic mass is 9.99. The van der Waals surface area contributed by atoms with E-state index >= 15 is 0 Å². The minimum absolute atomic E-state index is 0.197. The average Bonchev–Trinajstić information content (AvgIpc) is 2.86. The zero-order chi connectivity index (χ0) is 13.4. The number of nitrogens with two attached hydrogens (primary N) is 1. The highest BCUT2D eigenvalue weighted by Crippen LogP contribution is 2.22. The maximum atomic E-state index is 11.7. The summed E-state index contributed by atoms with van der Waals surface area (Å²) in [4.78, 5) is 11.7. The monoisotopic (exact) mass is 253 g/mol. The molecule has 0 saturated carbocycles. The highest BCUT2D eigenvalue weighted by Gasteiger charge is 2.16. The molecule has 1 heterocycles. The molecule has 0 saturated heterocycles. The van der Waals surface area contributed by atoms with Gasteiger partial charge in [0.1, 0.15) is 0 Å². The summed E-state index contributed by atoms with van der Waals surface area (Å²) in [5.74, 6) is 0.467. The number of nitrogens with zero attached hydrogens (tertiary/aromatic N) is 1. The van der Waals surface area contributed by atoms with Crippen molar-refractivity contribution < 1.29 is 9.32 Å². The SMILES string of the molecule is CCC(CC)c1cc(C(=O)NCCCCN)on1.